The van der Waals surface area contributed by atoms with Gasteiger partial charge in [-0.2, -0.15) is 0 Å². The third-order valence-electron chi connectivity index (χ3n) is 3.65. The second kappa shape index (κ2) is 7.92. The van der Waals surface area contributed by atoms with Crippen LogP contribution in [0.3, 0.4) is 0 Å². The average Bonchev–Trinajstić information content (AvgIpc) is 2.61. The zero-order chi connectivity index (χ0) is 19.5. The molecule has 0 spiro atoms. The molecule has 0 saturated heterocycles. The average molecular weight is 402 g/mol. The number of halogens is 2. The van der Waals surface area contributed by atoms with Gasteiger partial charge in [0.05, 0.1) is 29.8 Å². The lowest BCUT2D eigenvalue weighted by Crippen LogP contribution is -2.36. The second-order valence-electron chi connectivity index (χ2n) is 5.32. The maximum Gasteiger partial charge on any atom is 0.326 e. The third-order valence-corrected chi connectivity index (χ3v) is 5.71. The van der Waals surface area contributed by atoms with Gasteiger partial charge in [-0.25, -0.2) is 12.8 Å². The second-order valence-corrected chi connectivity index (χ2v) is 7.59. The molecule has 0 atom stereocenters. The molecule has 0 aliphatic carbocycles. The SMILES string of the molecule is COC(=O)CN(c1ccc(F)c(Cl)c1)S(=O)(=O)c1ccc(OC)c(C)c1. The van der Waals surface area contributed by atoms with E-state index in [1.165, 1.54) is 31.4 Å². The van der Waals surface area contributed by atoms with E-state index in [9.17, 15) is 17.6 Å². The fourth-order valence-corrected chi connectivity index (χ4v) is 3.94. The first kappa shape index (κ1) is 20.0. The summed E-state index contributed by atoms with van der Waals surface area (Å²) in [5, 5.41) is -0.265. The lowest BCUT2D eigenvalue weighted by Gasteiger charge is -2.24. The van der Waals surface area contributed by atoms with Crippen LogP contribution in [0, 0.1) is 12.7 Å². The summed E-state index contributed by atoms with van der Waals surface area (Å²) < 4.78 is 50.1. The number of benzene rings is 2. The summed E-state index contributed by atoms with van der Waals surface area (Å²) in [7, 11) is -1.53. The number of esters is 1. The Morgan fingerprint density at radius 1 is 1.19 bits per heavy atom. The largest absolute Gasteiger partial charge is 0.496 e. The number of anilines is 1. The normalized spacial score (nSPS) is 11.1. The number of sulfonamides is 1. The minimum atomic E-state index is -4.14. The topological polar surface area (TPSA) is 72.9 Å². The number of rotatable bonds is 6. The molecule has 0 aliphatic rings. The lowest BCUT2D eigenvalue weighted by atomic mass is 10.2. The van der Waals surface area contributed by atoms with E-state index in [0.29, 0.717) is 11.3 Å². The highest BCUT2D eigenvalue weighted by atomic mass is 35.5. The Labute approximate surface area is 156 Å². The van der Waals surface area contributed by atoms with E-state index in [4.69, 9.17) is 16.3 Å². The number of aryl methyl sites for hydroxylation is 1. The van der Waals surface area contributed by atoms with Crippen LogP contribution in [0.15, 0.2) is 41.3 Å². The Balaban J connectivity index is 2.57. The fourth-order valence-electron chi connectivity index (χ4n) is 2.28. The number of carbonyl (C=O) groups excluding carboxylic acids is 1. The van der Waals surface area contributed by atoms with Crippen molar-refractivity contribution < 1.29 is 27.1 Å². The van der Waals surface area contributed by atoms with Crippen molar-refractivity contribution in [3.63, 3.8) is 0 Å². The third kappa shape index (κ3) is 4.08. The molecular formula is C17H17ClFNO5S. The van der Waals surface area contributed by atoms with Crippen LogP contribution in [-0.2, 0) is 19.6 Å². The molecule has 0 fully saturated rings. The van der Waals surface area contributed by atoms with Gasteiger partial charge in [-0.15, -0.1) is 0 Å². The Morgan fingerprint density at radius 3 is 2.42 bits per heavy atom. The van der Waals surface area contributed by atoms with Crippen molar-refractivity contribution in [1.82, 2.24) is 0 Å². The molecule has 26 heavy (non-hydrogen) atoms. The Hall–Kier alpha value is -2.32. The van der Waals surface area contributed by atoms with Crippen molar-refractivity contribution in [2.24, 2.45) is 0 Å². The monoisotopic (exact) mass is 401 g/mol. The highest BCUT2D eigenvalue weighted by Crippen LogP contribution is 2.29. The fraction of sp³-hybridized carbons (Fsp3) is 0.235. The molecule has 2 aromatic rings. The molecule has 0 N–H and O–H groups in total. The molecule has 0 bridgehead atoms. The number of methoxy groups -OCH3 is 2. The van der Waals surface area contributed by atoms with E-state index in [-0.39, 0.29) is 15.6 Å². The predicted octanol–water partition coefficient (Wildman–Crippen LogP) is 3.16. The van der Waals surface area contributed by atoms with Crippen molar-refractivity contribution in [1.29, 1.82) is 0 Å². The highest BCUT2D eigenvalue weighted by molar-refractivity contribution is 7.92. The summed E-state index contributed by atoms with van der Waals surface area (Å²) in [4.78, 5) is 11.7. The summed E-state index contributed by atoms with van der Waals surface area (Å²) in [5.74, 6) is -0.960. The van der Waals surface area contributed by atoms with Crippen molar-refractivity contribution in [3.05, 3.63) is 52.8 Å². The summed E-state index contributed by atoms with van der Waals surface area (Å²) in [6.45, 7) is 1.10. The van der Waals surface area contributed by atoms with Gasteiger partial charge in [0.2, 0.25) is 0 Å². The molecule has 0 unspecified atom stereocenters. The van der Waals surface area contributed by atoms with Gasteiger partial charge in [-0.1, -0.05) is 11.6 Å². The first-order valence-corrected chi connectivity index (χ1v) is 9.21. The van der Waals surface area contributed by atoms with Gasteiger partial charge in [-0.3, -0.25) is 9.10 Å². The summed E-state index contributed by atoms with van der Waals surface area (Å²) in [5.41, 5.74) is 0.638. The summed E-state index contributed by atoms with van der Waals surface area (Å²) in [6, 6.07) is 7.67. The van der Waals surface area contributed by atoms with E-state index in [1.807, 2.05) is 0 Å². The standard InChI is InChI=1S/C17H17ClFNO5S/c1-11-8-13(5-7-16(11)24-2)26(22,23)20(10-17(21)25-3)12-4-6-15(19)14(18)9-12/h4-9H,10H2,1-3H3. The molecule has 2 rings (SSSR count). The lowest BCUT2D eigenvalue weighted by molar-refractivity contribution is -0.138. The number of hydrogen-bond donors (Lipinski definition) is 0. The number of ether oxygens (including phenoxy) is 2. The van der Waals surface area contributed by atoms with E-state index >= 15 is 0 Å². The van der Waals surface area contributed by atoms with Crippen LogP contribution in [0.5, 0.6) is 5.75 Å². The molecule has 0 heterocycles. The smallest absolute Gasteiger partial charge is 0.326 e. The van der Waals surface area contributed by atoms with Crippen molar-refractivity contribution >= 4 is 33.3 Å². The van der Waals surface area contributed by atoms with Crippen LogP contribution in [0.25, 0.3) is 0 Å². The highest BCUT2D eigenvalue weighted by Gasteiger charge is 2.28. The molecule has 2 aromatic carbocycles. The van der Waals surface area contributed by atoms with Gasteiger partial charge in [0.25, 0.3) is 10.0 Å². The van der Waals surface area contributed by atoms with E-state index in [1.54, 1.807) is 6.92 Å². The van der Waals surface area contributed by atoms with Crippen LogP contribution in [0.4, 0.5) is 10.1 Å². The van der Waals surface area contributed by atoms with Crippen molar-refractivity contribution in [2.45, 2.75) is 11.8 Å². The molecule has 0 radical (unpaired) electrons. The molecule has 0 aliphatic heterocycles. The predicted molar refractivity (Wildman–Crippen MR) is 95.7 cm³/mol. The van der Waals surface area contributed by atoms with Gasteiger partial charge in [0.15, 0.2) is 0 Å². The van der Waals surface area contributed by atoms with Gasteiger partial charge in [0, 0.05) is 0 Å². The first-order chi connectivity index (χ1) is 12.2. The Bertz CT molecular complexity index is 933. The minimum absolute atomic E-state index is 0.0373. The molecular weight excluding hydrogens is 385 g/mol. The zero-order valence-electron chi connectivity index (χ0n) is 14.3. The number of nitrogens with zero attached hydrogens (tertiary/aromatic N) is 1. The Morgan fingerprint density at radius 2 is 1.88 bits per heavy atom. The van der Waals surface area contributed by atoms with Crippen molar-refractivity contribution in [3.8, 4) is 5.75 Å². The van der Waals surface area contributed by atoms with Crippen LogP contribution in [0.2, 0.25) is 5.02 Å². The van der Waals surface area contributed by atoms with Gasteiger partial charge in [-0.05, 0) is 48.9 Å². The van der Waals surface area contributed by atoms with Crippen LogP contribution in [-0.4, -0.2) is 35.2 Å². The van der Waals surface area contributed by atoms with Crippen LogP contribution >= 0.6 is 11.6 Å². The quantitative estimate of drug-likeness (QED) is 0.695. The molecule has 0 amide bonds. The zero-order valence-corrected chi connectivity index (χ0v) is 15.9. The van der Waals surface area contributed by atoms with E-state index in [0.717, 1.165) is 23.5 Å². The van der Waals surface area contributed by atoms with Crippen molar-refractivity contribution in [2.75, 3.05) is 25.1 Å². The molecule has 0 aromatic heterocycles. The van der Waals surface area contributed by atoms with E-state index < -0.39 is 28.4 Å². The van der Waals surface area contributed by atoms with Gasteiger partial charge >= 0.3 is 5.97 Å². The van der Waals surface area contributed by atoms with Crippen LogP contribution in [0.1, 0.15) is 5.56 Å². The molecule has 0 saturated carbocycles. The van der Waals surface area contributed by atoms with Gasteiger partial charge in [0.1, 0.15) is 18.1 Å². The van der Waals surface area contributed by atoms with E-state index in [2.05, 4.69) is 4.74 Å². The summed E-state index contributed by atoms with van der Waals surface area (Å²) >= 11 is 5.76. The number of carbonyl (C=O) groups is 1. The minimum Gasteiger partial charge on any atom is -0.496 e. The number of hydrogen-bond acceptors (Lipinski definition) is 5. The molecule has 140 valence electrons. The maximum atomic E-state index is 13.4. The summed E-state index contributed by atoms with van der Waals surface area (Å²) in [6.07, 6.45) is 0. The van der Waals surface area contributed by atoms with Gasteiger partial charge < -0.3 is 9.47 Å². The first-order valence-electron chi connectivity index (χ1n) is 7.40. The van der Waals surface area contributed by atoms with Crippen LogP contribution < -0.4 is 9.04 Å². The molecule has 9 heteroatoms. The Kier molecular flexibility index (Phi) is 6.09. The maximum absolute atomic E-state index is 13.4. The molecule has 6 nitrogen and oxygen atoms in total.